The normalized spacial score (nSPS) is 15.7. The maximum absolute atomic E-state index is 13.3. The van der Waals surface area contributed by atoms with E-state index in [2.05, 4.69) is 11.4 Å². The van der Waals surface area contributed by atoms with Gasteiger partial charge in [-0.25, -0.2) is 0 Å². The van der Waals surface area contributed by atoms with E-state index < -0.39 is 0 Å². The number of nitrogens with zero attached hydrogens (tertiary/aromatic N) is 2. The Bertz CT molecular complexity index is 837. The Kier molecular flexibility index (Phi) is 7.87. The Labute approximate surface area is 182 Å². The van der Waals surface area contributed by atoms with E-state index in [0.29, 0.717) is 26.3 Å². The van der Waals surface area contributed by atoms with Gasteiger partial charge in [-0.3, -0.25) is 9.59 Å². The van der Waals surface area contributed by atoms with E-state index >= 15 is 0 Å². The van der Waals surface area contributed by atoms with E-state index in [1.165, 1.54) is 4.88 Å². The van der Waals surface area contributed by atoms with Crippen LogP contribution in [0.3, 0.4) is 0 Å². The average Bonchev–Trinajstić information content (AvgIpc) is 3.24. The Morgan fingerprint density at radius 1 is 1.23 bits per heavy atom. The van der Waals surface area contributed by atoms with Crippen LogP contribution in [0, 0.1) is 5.92 Å². The Balaban J connectivity index is 1.75. The molecule has 3 rings (SSSR count). The second-order valence-electron chi connectivity index (χ2n) is 7.68. The quantitative estimate of drug-likeness (QED) is 0.612. The highest BCUT2D eigenvalue weighted by atomic mass is 32.1. The second kappa shape index (κ2) is 10.6. The van der Waals surface area contributed by atoms with Crippen molar-refractivity contribution in [2.45, 2.75) is 26.3 Å². The zero-order valence-electron chi connectivity index (χ0n) is 17.9. The summed E-state index contributed by atoms with van der Waals surface area (Å²) in [5.41, 5.74) is 1.15. The van der Waals surface area contributed by atoms with Crippen molar-refractivity contribution in [1.82, 2.24) is 9.80 Å². The number of fused-ring (bicyclic) bond motifs is 1. The number of rotatable bonds is 9. The van der Waals surface area contributed by atoms with Gasteiger partial charge in [-0.1, -0.05) is 32.0 Å². The molecule has 30 heavy (non-hydrogen) atoms. The summed E-state index contributed by atoms with van der Waals surface area (Å²) in [7, 11) is 1.60. The summed E-state index contributed by atoms with van der Waals surface area (Å²) in [6.45, 7) is 5.58. The van der Waals surface area contributed by atoms with Gasteiger partial charge in [0.2, 0.25) is 11.8 Å². The first-order chi connectivity index (χ1) is 14.5. The lowest BCUT2D eigenvalue weighted by Crippen LogP contribution is -2.49. The van der Waals surface area contributed by atoms with Crippen molar-refractivity contribution in [2.24, 2.45) is 5.92 Å². The smallest absolute Gasteiger partial charge is 0.242 e. The van der Waals surface area contributed by atoms with Crippen LogP contribution in [0.15, 0.2) is 41.8 Å². The molecule has 1 atom stereocenters. The predicted octanol–water partition coefficient (Wildman–Crippen LogP) is 3.38. The average molecular weight is 431 g/mol. The minimum Gasteiger partial charge on any atom is -0.491 e. The molecular formula is C23H30N2O4S. The van der Waals surface area contributed by atoms with Crippen LogP contribution in [0.2, 0.25) is 0 Å². The molecule has 0 radical (unpaired) electrons. The number of ether oxygens (including phenoxy) is 2. The van der Waals surface area contributed by atoms with E-state index in [0.717, 1.165) is 17.7 Å². The molecule has 1 aliphatic heterocycles. The maximum Gasteiger partial charge on any atom is 0.242 e. The fourth-order valence-corrected chi connectivity index (χ4v) is 4.58. The number of hydrogen-bond acceptors (Lipinski definition) is 5. The maximum atomic E-state index is 13.3. The summed E-state index contributed by atoms with van der Waals surface area (Å²) in [6.07, 6.45) is 0.830. The lowest BCUT2D eigenvalue weighted by Gasteiger charge is -2.37. The monoisotopic (exact) mass is 430 g/mol. The SMILES string of the molecule is COCCN(CC(=O)N1CCc2sccc2C1COc1ccccc1)C(=O)C(C)C. The number of thiophene rings is 1. The highest BCUT2D eigenvalue weighted by molar-refractivity contribution is 7.10. The minimum atomic E-state index is -0.170. The standard InChI is InChI=1S/C23H30N2O4S/c1-17(2)23(27)24(12-13-28-3)15-22(26)25-11-9-21-19(10-14-30-21)20(25)16-29-18-7-5-4-6-8-18/h4-8,10,14,17,20H,9,11-13,15-16H2,1-3H3. The molecule has 0 N–H and O–H groups in total. The number of carbonyl (C=O) groups is 2. The molecular weight excluding hydrogens is 400 g/mol. The second-order valence-corrected chi connectivity index (χ2v) is 8.68. The van der Waals surface area contributed by atoms with Crippen LogP contribution in [-0.4, -0.2) is 61.6 Å². The van der Waals surface area contributed by atoms with Gasteiger partial charge >= 0.3 is 0 Å². The van der Waals surface area contributed by atoms with Gasteiger partial charge in [0.15, 0.2) is 0 Å². The topological polar surface area (TPSA) is 59.1 Å². The largest absolute Gasteiger partial charge is 0.491 e. The Hall–Kier alpha value is -2.38. The Morgan fingerprint density at radius 2 is 2.00 bits per heavy atom. The molecule has 0 saturated carbocycles. The van der Waals surface area contributed by atoms with E-state index in [-0.39, 0.29) is 30.3 Å². The van der Waals surface area contributed by atoms with Crippen molar-refractivity contribution in [3.8, 4) is 5.75 Å². The van der Waals surface area contributed by atoms with E-state index in [9.17, 15) is 9.59 Å². The molecule has 6 nitrogen and oxygen atoms in total. The minimum absolute atomic E-state index is 0.0364. The van der Waals surface area contributed by atoms with Crippen LogP contribution < -0.4 is 4.74 Å². The number of hydrogen-bond donors (Lipinski definition) is 0. The number of benzene rings is 1. The van der Waals surface area contributed by atoms with E-state index in [4.69, 9.17) is 9.47 Å². The number of carbonyl (C=O) groups excluding carboxylic acids is 2. The fourth-order valence-electron chi connectivity index (χ4n) is 3.65. The lowest BCUT2D eigenvalue weighted by atomic mass is 10.0. The van der Waals surface area contributed by atoms with Crippen molar-refractivity contribution in [3.05, 3.63) is 52.2 Å². The third-order valence-corrected chi connectivity index (χ3v) is 6.26. The van der Waals surface area contributed by atoms with Gasteiger partial charge in [0, 0.05) is 31.0 Å². The van der Waals surface area contributed by atoms with Crippen molar-refractivity contribution < 1.29 is 19.1 Å². The van der Waals surface area contributed by atoms with Crippen molar-refractivity contribution >= 4 is 23.2 Å². The molecule has 0 spiro atoms. The number of para-hydroxylation sites is 1. The van der Waals surface area contributed by atoms with Gasteiger partial charge in [-0.05, 0) is 35.6 Å². The summed E-state index contributed by atoms with van der Waals surface area (Å²) in [5.74, 6) is 0.519. The van der Waals surface area contributed by atoms with Gasteiger partial charge in [-0.15, -0.1) is 11.3 Å². The third-order valence-electron chi connectivity index (χ3n) is 5.26. The van der Waals surface area contributed by atoms with E-state index in [1.807, 2.05) is 49.1 Å². The molecule has 0 fully saturated rings. The summed E-state index contributed by atoms with van der Waals surface area (Å²) in [4.78, 5) is 30.7. The van der Waals surface area contributed by atoms with Gasteiger partial charge in [0.1, 0.15) is 12.4 Å². The van der Waals surface area contributed by atoms with Crippen molar-refractivity contribution in [1.29, 1.82) is 0 Å². The molecule has 2 amide bonds. The molecule has 1 aromatic heterocycles. The fraction of sp³-hybridized carbons (Fsp3) is 0.478. The Morgan fingerprint density at radius 3 is 2.70 bits per heavy atom. The first-order valence-electron chi connectivity index (χ1n) is 10.3. The summed E-state index contributed by atoms with van der Waals surface area (Å²) in [6, 6.07) is 11.6. The highest BCUT2D eigenvalue weighted by Crippen LogP contribution is 2.34. The molecule has 0 aliphatic carbocycles. The van der Waals surface area contributed by atoms with Crippen LogP contribution >= 0.6 is 11.3 Å². The van der Waals surface area contributed by atoms with Crippen LogP contribution in [0.4, 0.5) is 0 Å². The lowest BCUT2D eigenvalue weighted by molar-refractivity contribution is -0.144. The summed E-state index contributed by atoms with van der Waals surface area (Å²) < 4.78 is 11.2. The van der Waals surface area contributed by atoms with Gasteiger partial charge < -0.3 is 19.3 Å². The summed E-state index contributed by atoms with van der Waals surface area (Å²) >= 11 is 1.72. The third kappa shape index (κ3) is 5.40. The molecule has 7 heteroatoms. The molecule has 0 bridgehead atoms. The van der Waals surface area contributed by atoms with Crippen molar-refractivity contribution in [3.63, 3.8) is 0 Å². The highest BCUT2D eigenvalue weighted by Gasteiger charge is 2.33. The molecule has 2 heterocycles. The zero-order valence-corrected chi connectivity index (χ0v) is 18.7. The molecule has 2 aromatic rings. The van der Waals surface area contributed by atoms with Crippen LogP contribution in [0.1, 0.15) is 30.3 Å². The van der Waals surface area contributed by atoms with Crippen molar-refractivity contribution in [2.75, 3.05) is 40.0 Å². The first-order valence-corrected chi connectivity index (χ1v) is 11.2. The molecule has 1 aromatic carbocycles. The molecule has 162 valence electrons. The van der Waals surface area contributed by atoms with Gasteiger partial charge in [-0.2, -0.15) is 0 Å². The molecule has 1 aliphatic rings. The van der Waals surface area contributed by atoms with Crippen LogP contribution in [-0.2, 0) is 20.7 Å². The van der Waals surface area contributed by atoms with E-state index in [1.54, 1.807) is 23.3 Å². The predicted molar refractivity (Wildman–Crippen MR) is 118 cm³/mol. The van der Waals surface area contributed by atoms with Gasteiger partial charge in [0.25, 0.3) is 0 Å². The molecule has 0 saturated heterocycles. The number of methoxy groups -OCH3 is 1. The zero-order chi connectivity index (χ0) is 21.5. The molecule has 1 unspecified atom stereocenters. The van der Waals surface area contributed by atoms with Crippen LogP contribution in [0.5, 0.6) is 5.75 Å². The van der Waals surface area contributed by atoms with Gasteiger partial charge in [0.05, 0.1) is 19.2 Å². The van der Waals surface area contributed by atoms with Crippen LogP contribution in [0.25, 0.3) is 0 Å². The summed E-state index contributed by atoms with van der Waals surface area (Å²) in [5, 5.41) is 2.07. The first kappa shape index (κ1) is 22.3. The number of amides is 2.